The molecule has 0 radical (unpaired) electrons. The molecule has 0 aliphatic heterocycles. The van der Waals surface area contributed by atoms with Crippen molar-refractivity contribution in [3.8, 4) is 0 Å². The van der Waals surface area contributed by atoms with Gasteiger partial charge in [0.05, 0.1) is 0 Å². The lowest BCUT2D eigenvalue weighted by Crippen LogP contribution is -2.33. The van der Waals surface area contributed by atoms with Crippen molar-refractivity contribution < 1.29 is 5.11 Å². The fourth-order valence-corrected chi connectivity index (χ4v) is 2.47. The number of hydrogen-bond acceptors (Lipinski definition) is 2. The third-order valence-corrected chi connectivity index (χ3v) is 3.50. The third-order valence-electron chi connectivity index (χ3n) is 2.70. The van der Waals surface area contributed by atoms with Gasteiger partial charge in [0.1, 0.15) is 0 Å². The van der Waals surface area contributed by atoms with Crippen LogP contribution in [0.5, 0.6) is 0 Å². The first kappa shape index (κ1) is 13.0. The molecule has 0 amide bonds. The first-order valence-corrected chi connectivity index (χ1v) is 5.97. The molecule has 2 nitrogen and oxygen atoms in total. The van der Waals surface area contributed by atoms with Crippen LogP contribution in [0.2, 0.25) is 5.02 Å². The van der Waals surface area contributed by atoms with Gasteiger partial charge in [-0.1, -0.05) is 40.5 Å². The lowest BCUT2D eigenvalue weighted by Gasteiger charge is -2.28. The maximum absolute atomic E-state index is 9.03. The van der Waals surface area contributed by atoms with Crippen LogP contribution >= 0.6 is 27.5 Å². The summed E-state index contributed by atoms with van der Waals surface area (Å²) in [5, 5.41) is 9.72. The second-order valence-corrected chi connectivity index (χ2v) is 5.19. The molecule has 0 aromatic heterocycles. The maximum Gasteiger partial charge on any atom is 0.0455 e. The Bertz CT molecular complexity index is 345. The molecule has 0 fully saturated rings. The zero-order chi connectivity index (χ0) is 11.5. The van der Waals surface area contributed by atoms with E-state index in [0.29, 0.717) is 18.0 Å². The third kappa shape index (κ3) is 2.94. The molecular weight excluding hydrogens is 277 g/mol. The molecule has 0 saturated carbocycles. The largest absolute Gasteiger partial charge is 0.396 e. The van der Waals surface area contributed by atoms with Crippen molar-refractivity contribution in [2.24, 2.45) is 5.73 Å². The molecule has 0 aliphatic rings. The molecule has 3 N–H and O–H groups in total. The first-order chi connectivity index (χ1) is 7.03. The molecule has 4 heteroatoms. The average Bonchev–Trinajstić information content (AvgIpc) is 2.17. The van der Waals surface area contributed by atoms with Crippen LogP contribution in [0.25, 0.3) is 0 Å². The van der Waals surface area contributed by atoms with Gasteiger partial charge in [0.15, 0.2) is 0 Å². The lowest BCUT2D eigenvalue weighted by molar-refractivity contribution is 0.247. The van der Waals surface area contributed by atoms with E-state index in [1.807, 2.05) is 25.1 Å². The number of hydrogen-bond donors (Lipinski definition) is 2. The summed E-state index contributed by atoms with van der Waals surface area (Å²) in [5.41, 5.74) is 6.48. The van der Waals surface area contributed by atoms with E-state index in [9.17, 15) is 0 Å². The van der Waals surface area contributed by atoms with E-state index in [1.54, 1.807) is 0 Å². The van der Waals surface area contributed by atoms with Gasteiger partial charge in [-0.05, 0) is 24.1 Å². The summed E-state index contributed by atoms with van der Waals surface area (Å²) in [4.78, 5) is 0. The van der Waals surface area contributed by atoms with Gasteiger partial charge in [-0.15, -0.1) is 0 Å². The van der Waals surface area contributed by atoms with Crippen LogP contribution in [0.1, 0.15) is 18.9 Å². The summed E-state index contributed by atoms with van der Waals surface area (Å²) < 4.78 is 0.944. The highest BCUT2D eigenvalue weighted by atomic mass is 79.9. The van der Waals surface area contributed by atoms with E-state index < -0.39 is 0 Å². The van der Waals surface area contributed by atoms with E-state index >= 15 is 0 Å². The molecule has 0 spiro atoms. The average molecular weight is 293 g/mol. The molecule has 0 heterocycles. The van der Waals surface area contributed by atoms with E-state index in [0.717, 1.165) is 10.0 Å². The second-order valence-electron chi connectivity index (χ2n) is 3.86. The molecule has 1 aromatic rings. The Kier molecular flexibility index (Phi) is 4.59. The molecule has 1 atom stereocenters. The highest BCUT2D eigenvalue weighted by Crippen LogP contribution is 2.33. The number of halogens is 2. The molecule has 0 saturated heterocycles. The minimum Gasteiger partial charge on any atom is -0.396 e. The van der Waals surface area contributed by atoms with Crippen LogP contribution < -0.4 is 5.73 Å². The van der Waals surface area contributed by atoms with Gasteiger partial charge in [-0.2, -0.15) is 0 Å². The molecule has 0 aliphatic carbocycles. The number of nitrogens with two attached hydrogens (primary N) is 1. The minimum atomic E-state index is -0.257. The van der Waals surface area contributed by atoms with Crippen LogP contribution in [0.3, 0.4) is 0 Å². The van der Waals surface area contributed by atoms with Crippen molar-refractivity contribution in [1.82, 2.24) is 0 Å². The summed E-state index contributed by atoms with van der Waals surface area (Å²) in [6, 6.07) is 5.74. The van der Waals surface area contributed by atoms with Crippen molar-refractivity contribution >= 4 is 27.5 Å². The number of rotatable bonds is 4. The molecule has 1 unspecified atom stereocenters. The number of aliphatic hydroxyl groups is 1. The van der Waals surface area contributed by atoms with Crippen molar-refractivity contribution in [3.05, 3.63) is 33.3 Å². The van der Waals surface area contributed by atoms with E-state index in [2.05, 4.69) is 15.9 Å². The lowest BCUT2D eigenvalue weighted by atomic mass is 9.80. The summed E-state index contributed by atoms with van der Waals surface area (Å²) in [6.07, 6.45) is 0.616. The Morgan fingerprint density at radius 3 is 2.67 bits per heavy atom. The summed E-state index contributed by atoms with van der Waals surface area (Å²) in [6.45, 7) is 2.59. The fraction of sp³-hybridized carbons (Fsp3) is 0.455. The topological polar surface area (TPSA) is 46.2 Å². The predicted molar refractivity (Wildman–Crippen MR) is 67.3 cm³/mol. The smallest absolute Gasteiger partial charge is 0.0455 e. The van der Waals surface area contributed by atoms with Crippen LogP contribution in [0, 0.1) is 0 Å². The highest BCUT2D eigenvalue weighted by molar-refractivity contribution is 9.10. The van der Waals surface area contributed by atoms with Gasteiger partial charge in [0.25, 0.3) is 0 Å². The van der Waals surface area contributed by atoms with Crippen LogP contribution in [-0.2, 0) is 5.41 Å². The summed E-state index contributed by atoms with van der Waals surface area (Å²) in [7, 11) is 0. The van der Waals surface area contributed by atoms with Crippen LogP contribution in [0.4, 0.5) is 0 Å². The Labute approximate surface area is 104 Å². The maximum atomic E-state index is 9.03. The Balaban J connectivity index is 3.12. The van der Waals surface area contributed by atoms with Gasteiger partial charge in [0.2, 0.25) is 0 Å². The van der Waals surface area contributed by atoms with Crippen molar-refractivity contribution in [1.29, 1.82) is 0 Å². The van der Waals surface area contributed by atoms with Gasteiger partial charge < -0.3 is 10.8 Å². The highest BCUT2D eigenvalue weighted by Gasteiger charge is 2.26. The van der Waals surface area contributed by atoms with Gasteiger partial charge in [0, 0.05) is 28.1 Å². The van der Waals surface area contributed by atoms with Gasteiger partial charge in [-0.3, -0.25) is 0 Å². The van der Waals surface area contributed by atoms with Gasteiger partial charge in [-0.25, -0.2) is 0 Å². The second kappa shape index (κ2) is 5.30. The van der Waals surface area contributed by atoms with Gasteiger partial charge >= 0.3 is 0 Å². The van der Waals surface area contributed by atoms with E-state index in [4.69, 9.17) is 22.4 Å². The fourth-order valence-electron chi connectivity index (χ4n) is 1.57. The SMILES string of the molecule is CC(CN)(CCO)c1ccc(Br)cc1Cl. The van der Waals surface area contributed by atoms with E-state index in [1.165, 1.54) is 0 Å². The molecule has 15 heavy (non-hydrogen) atoms. The quantitative estimate of drug-likeness (QED) is 0.896. The Hall–Kier alpha value is -0.0900. The molecular formula is C11H15BrClNO. The zero-order valence-corrected chi connectivity index (χ0v) is 11.0. The molecule has 84 valence electrons. The summed E-state index contributed by atoms with van der Waals surface area (Å²) >= 11 is 9.52. The Morgan fingerprint density at radius 2 is 2.20 bits per heavy atom. The van der Waals surface area contributed by atoms with Crippen LogP contribution in [-0.4, -0.2) is 18.3 Å². The van der Waals surface area contributed by atoms with Crippen molar-refractivity contribution in [2.75, 3.05) is 13.2 Å². The standard InChI is InChI=1S/C11H15BrClNO/c1-11(7-14,4-5-15)9-3-2-8(12)6-10(9)13/h2-3,6,15H,4-5,7,14H2,1H3. The molecule has 1 aromatic carbocycles. The number of benzene rings is 1. The minimum absolute atomic E-state index is 0.111. The van der Waals surface area contributed by atoms with Crippen molar-refractivity contribution in [2.45, 2.75) is 18.8 Å². The van der Waals surface area contributed by atoms with Crippen LogP contribution in [0.15, 0.2) is 22.7 Å². The number of aliphatic hydroxyl groups excluding tert-OH is 1. The first-order valence-electron chi connectivity index (χ1n) is 4.80. The monoisotopic (exact) mass is 291 g/mol. The summed E-state index contributed by atoms with van der Waals surface area (Å²) in [5.74, 6) is 0. The van der Waals surface area contributed by atoms with Crippen molar-refractivity contribution in [3.63, 3.8) is 0 Å². The predicted octanol–water partition coefficient (Wildman–Crippen LogP) is 2.70. The molecule has 1 rings (SSSR count). The zero-order valence-electron chi connectivity index (χ0n) is 8.63. The Morgan fingerprint density at radius 1 is 1.53 bits per heavy atom. The van der Waals surface area contributed by atoms with E-state index in [-0.39, 0.29) is 12.0 Å². The normalized spacial score (nSPS) is 15.0. The molecule has 0 bridgehead atoms.